The molecule has 0 aliphatic carbocycles. The first kappa shape index (κ1) is 15.3. The van der Waals surface area contributed by atoms with Gasteiger partial charge in [-0.1, -0.05) is 0 Å². The molecule has 3 rings (SSSR count). The Kier molecular flexibility index (Phi) is 3.71. The number of nitro benzene ring substituents is 1. The lowest BCUT2D eigenvalue weighted by atomic mass is 10.0. The van der Waals surface area contributed by atoms with Gasteiger partial charge in [-0.25, -0.2) is 0 Å². The van der Waals surface area contributed by atoms with Crippen molar-refractivity contribution in [3.8, 4) is 11.5 Å². The number of rotatable bonds is 5. The van der Waals surface area contributed by atoms with E-state index >= 15 is 0 Å². The summed E-state index contributed by atoms with van der Waals surface area (Å²) in [6.45, 7) is 6.89. The molecule has 0 spiro atoms. The molecule has 0 radical (unpaired) electrons. The quantitative estimate of drug-likeness (QED) is 0.625. The molecule has 2 aromatic rings. The van der Waals surface area contributed by atoms with E-state index in [1.807, 2.05) is 27.0 Å². The SMILES string of the molecule is CCn1cc(COc2cc3c(cc2[N+](=O)[O-])CC(C)(C)O3)cn1. The fraction of sp³-hybridized carbons (Fsp3) is 0.438. The Labute approximate surface area is 134 Å². The molecule has 0 unspecified atom stereocenters. The molecule has 1 aliphatic rings. The first-order chi connectivity index (χ1) is 10.9. The van der Waals surface area contributed by atoms with E-state index in [-0.39, 0.29) is 23.6 Å². The molecule has 0 fully saturated rings. The van der Waals surface area contributed by atoms with E-state index in [9.17, 15) is 10.1 Å². The van der Waals surface area contributed by atoms with Gasteiger partial charge in [-0.05, 0) is 20.8 Å². The van der Waals surface area contributed by atoms with Gasteiger partial charge < -0.3 is 9.47 Å². The maximum Gasteiger partial charge on any atom is 0.311 e. The normalized spacial score (nSPS) is 15.1. The molecule has 7 nitrogen and oxygen atoms in total. The van der Waals surface area contributed by atoms with Crippen molar-refractivity contribution in [3.63, 3.8) is 0 Å². The van der Waals surface area contributed by atoms with Crippen LogP contribution in [0.15, 0.2) is 24.5 Å². The van der Waals surface area contributed by atoms with Crippen molar-refractivity contribution in [3.05, 3.63) is 45.8 Å². The average molecular weight is 317 g/mol. The smallest absolute Gasteiger partial charge is 0.311 e. The standard InChI is InChI=1S/C16H19N3O4/c1-4-18-9-11(8-17-18)10-22-15-6-14-12(5-13(15)19(20)21)7-16(2,3)23-14/h5-6,8-9H,4,7,10H2,1-3H3. The van der Waals surface area contributed by atoms with E-state index in [0.717, 1.165) is 17.7 Å². The number of fused-ring (bicyclic) bond motifs is 1. The summed E-state index contributed by atoms with van der Waals surface area (Å²) >= 11 is 0. The van der Waals surface area contributed by atoms with Gasteiger partial charge in [0, 0.05) is 42.4 Å². The predicted molar refractivity (Wildman–Crippen MR) is 83.7 cm³/mol. The summed E-state index contributed by atoms with van der Waals surface area (Å²) in [5.74, 6) is 0.871. The summed E-state index contributed by atoms with van der Waals surface area (Å²) in [5, 5.41) is 15.5. The maximum absolute atomic E-state index is 11.3. The van der Waals surface area contributed by atoms with Crippen LogP contribution in [0.1, 0.15) is 31.9 Å². The van der Waals surface area contributed by atoms with Crippen LogP contribution in [0.25, 0.3) is 0 Å². The third-order valence-electron chi connectivity index (χ3n) is 3.75. The number of hydrogen-bond donors (Lipinski definition) is 0. The Morgan fingerprint density at radius 1 is 1.48 bits per heavy atom. The van der Waals surface area contributed by atoms with Crippen LogP contribution >= 0.6 is 0 Å². The highest BCUT2D eigenvalue weighted by Crippen LogP contribution is 2.42. The van der Waals surface area contributed by atoms with Gasteiger partial charge in [0.05, 0.1) is 11.1 Å². The highest BCUT2D eigenvalue weighted by atomic mass is 16.6. The Hall–Kier alpha value is -2.57. The van der Waals surface area contributed by atoms with Crippen LogP contribution in [-0.2, 0) is 19.6 Å². The third kappa shape index (κ3) is 3.13. The lowest BCUT2D eigenvalue weighted by Crippen LogP contribution is -2.24. The number of nitro groups is 1. The lowest BCUT2D eigenvalue weighted by Gasteiger charge is -2.16. The largest absolute Gasteiger partial charge is 0.487 e. The monoisotopic (exact) mass is 317 g/mol. The molecule has 7 heteroatoms. The minimum Gasteiger partial charge on any atom is -0.487 e. The number of aryl methyl sites for hydroxylation is 1. The molecule has 1 aromatic heterocycles. The van der Waals surface area contributed by atoms with Crippen molar-refractivity contribution in [1.29, 1.82) is 0 Å². The van der Waals surface area contributed by atoms with E-state index in [2.05, 4.69) is 5.10 Å². The molecule has 0 saturated heterocycles. The minimum absolute atomic E-state index is 0.0343. The van der Waals surface area contributed by atoms with Crippen molar-refractivity contribution < 1.29 is 14.4 Å². The predicted octanol–water partition coefficient (Wildman–Crippen LogP) is 3.10. The second-order valence-corrected chi connectivity index (χ2v) is 6.22. The van der Waals surface area contributed by atoms with Gasteiger partial charge >= 0.3 is 5.69 Å². The maximum atomic E-state index is 11.3. The van der Waals surface area contributed by atoms with Crippen LogP contribution in [0.3, 0.4) is 0 Å². The Bertz CT molecular complexity index is 752. The second kappa shape index (κ2) is 5.57. The summed E-state index contributed by atoms with van der Waals surface area (Å²) in [4.78, 5) is 10.9. The van der Waals surface area contributed by atoms with Crippen LogP contribution < -0.4 is 9.47 Å². The zero-order chi connectivity index (χ0) is 16.6. The number of aromatic nitrogens is 2. The average Bonchev–Trinajstić information content (AvgIpc) is 3.05. The lowest BCUT2D eigenvalue weighted by molar-refractivity contribution is -0.386. The van der Waals surface area contributed by atoms with Gasteiger partial charge in [-0.2, -0.15) is 5.10 Å². The zero-order valence-electron chi connectivity index (χ0n) is 13.4. The Morgan fingerprint density at radius 2 is 2.26 bits per heavy atom. The van der Waals surface area contributed by atoms with Gasteiger partial charge in [0.25, 0.3) is 0 Å². The van der Waals surface area contributed by atoms with Crippen molar-refractivity contribution in [2.24, 2.45) is 0 Å². The third-order valence-corrected chi connectivity index (χ3v) is 3.75. The number of hydrogen-bond acceptors (Lipinski definition) is 5. The number of nitrogens with zero attached hydrogens (tertiary/aromatic N) is 3. The van der Waals surface area contributed by atoms with Gasteiger partial charge in [0.2, 0.25) is 5.75 Å². The fourth-order valence-corrected chi connectivity index (χ4v) is 2.69. The van der Waals surface area contributed by atoms with Crippen molar-refractivity contribution in [2.75, 3.05) is 0 Å². The summed E-state index contributed by atoms with van der Waals surface area (Å²) in [6, 6.07) is 3.17. The fourth-order valence-electron chi connectivity index (χ4n) is 2.69. The molecule has 1 aromatic carbocycles. The molecule has 122 valence electrons. The van der Waals surface area contributed by atoms with E-state index in [0.29, 0.717) is 12.2 Å². The highest BCUT2D eigenvalue weighted by Gasteiger charge is 2.33. The first-order valence-corrected chi connectivity index (χ1v) is 7.52. The van der Waals surface area contributed by atoms with Crippen LogP contribution in [0, 0.1) is 10.1 Å². The summed E-state index contributed by atoms with van der Waals surface area (Å²) in [6.07, 6.45) is 4.20. The molecule has 2 heterocycles. The number of benzene rings is 1. The Morgan fingerprint density at radius 3 is 2.91 bits per heavy atom. The molecule has 0 saturated carbocycles. The molecule has 0 N–H and O–H groups in total. The molecule has 0 atom stereocenters. The van der Waals surface area contributed by atoms with Crippen LogP contribution in [-0.4, -0.2) is 20.3 Å². The topological polar surface area (TPSA) is 79.4 Å². The van der Waals surface area contributed by atoms with Crippen molar-refractivity contribution in [1.82, 2.24) is 9.78 Å². The highest BCUT2D eigenvalue weighted by molar-refractivity contribution is 5.56. The molecule has 23 heavy (non-hydrogen) atoms. The van der Waals surface area contributed by atoms with Gasteiger partial charge in [0.15, 0.2) is 0 Å². The van der Waals surface area contributed by atoms with E-state index in [1.165, 1.54) is 0 Å². The second-order valence-electron chi connectivity index (χ2n) is 6.22. The van der Waals surface area contributed by atoms with Crippen LogP contribution in [0.5, 0.6) is 11.5 Å². The summed E-state index contributed by atoms with van der Waals surface area (Å²) < 4.78 is 13.3. The van der Waals surface area contributed by atoms with Gasteiger partial charge in [-0.3, -0.25) is 14.8 Å². The van der Waals surface area contributed by atoms with Gasteiger partial charge in [0.1, 0.15) is 18.0 Å². The van der Waals surface area contributed by atoms with E-state index in [4.69, 9.17) is 9.47 Å². The number of ether oxygens (including phenoxy) is 2. The van der Waals surface area contributed by atoms with Crippen molar-refractivity contribution >= 4 is 5.69 Å². The zero-order valence-corrected chi connectivity index (χ0v) is 13.4. The molecular weight excluding hydrogens is 298 g/mol. The molecule has 0 amide bonds. The summed E-state index contributed by atoms with van der Waals surface area (Å²) in [7, 11) is 0. The molecule has 0 bridgehead atoms. The van der Waals surface area contributed by atoms with E-state index < -0.39 is 4.92 Å². The van der Waals surface area contributed by atoms with Crippen LogP contribution in [0.4, 0.5) is 5.69 Å². The Balaban J connectivity index is 1.85. The summed E-state index contributed by atoms with van der Waals surface area (Å²) in [5.41, 5.74) is 1.32. The van der Waals surface area contributed by atoms with Crippen molar-refractivity contribution in [2.45, 2.75) is 45.9 Å². The first-order valence-electron chi connectivity index (χ1n) is 7.52. The molecular formula is C16H19N3O4. The minimum atomic E-state index is -0.420. The van der Waals surface area contributed by atoms with E-state index in [1.54, 1.807) is 23.0 Å². The molecule has 1 aliphatic heterocycles. The van der Waals surface area contributed by atoms with Gasteiger partial charge in [-0.15, -0.1) is 0 Å². The van der Waals surface area contributed by atoms with Crippen LogP contribution in [0.2, 0.25) is 0 Å².